The minimum absolute atomic E-state index is 0.0233. The van der Waals surface area contributed by atoms with Crippen molar-refractivity contribution in [2.45, 2.75) is 63.1 Å². The van der Waals surface area contributed by atoms with Crippen molar-refractivity contribution in [1.29, 1.82) is 0 Å². The molecule has 4 unspecified atom stereocenters. The zero-order valence-electron chi connectivity index (χ0n) is 18.8. The van der Waals surface area contributed by atoms with Gasteiger partial charge in [0.1, 0.15) is 17.9 Å². The van der Waals surface area contributed by atoms with E-state index in [9.17, 15) is 4.79 Å². The molecular formula is C24H33N5O2S. The SMILES string of the molecule is Cc1cc(C2CCC3NNC(C(=O)Nc4ccc(OC5CCN(C)CC5)cc4)C3C2)sn1. The maximum atomic E-state index is 13.1. The monoisotopic (exact) mass is 455 g/mol. The number of hydrogen-bond donors (Lipinski definition) is 3. The van der Waals surface area contributed by atoms with Gasteiger partial charge in [-0.15, -0.1) is 0 Å². The van der Waals surface area contributed by atoms with Crippen LogP contribution in [0.15, 0.2) is 30.3 Å². The molecule has 2 aromatic rings. The number of benzene rings is 1. The van der Waals surface area contributed by atoms with E-state index in [4.69, 9.17) is 4.74 Å². The van der Waals surface area contributed by atoms with Gasteiger partial charge >= 0.3 is 0 Å². The molecule has 1 aliphatic carbocycles. The fraction of sp³-hybridized carbons (Fsp3) is 0.583. The minimum atomic E-state index is -0.230. The summed E-state index contributed by atoms with van der Waals surface area (Å²) in [6, 6.07) is 10.1. The highest BCUT2D eigenvalue weighted by molar-refractivity contribution is 7.05. The van der Waals surface area contributed by atoms with E-state index < -0.39 is 0 Å². The van der Waals surface area contributed by atoms with Crippen LogP contribution in [0.25, 0.3) is 0 Å². The summed E-state index contributed by atoms with van der Waals surface area (Å²) in [6.07, 6.45) is 5.61. The number of anilines is 1. The van der Waals surface area contributed by atoms with Crippen molar-refractivity contribution in [1.82, 2.24) is 20.1 Å². The first-order valence-electron chi connectivity index (χ1n) is 11.8. The van der Waals surface area contributed by atoms with Crippen LogP contribution in [0, 0.1) is 12.8 Å². The fourth-order valence-electron chi connectivity index (χ4n) is 5.28. The van der Waals surface area contributed by atoms with E-state index in [-0.39, 0.29) is 24.0 Å². The third kappa shape index (κ3) is 4.83. The van der Waals surface area contributed by atoms with Crippen LogP contribution in [0.5, 0.6) is 5.75 Å². The summed E-state index contributed by atoms with van der Waals surface area (Å²) in [7, 11) is 2.15. The smallest absolute Gasteiger partial charge is 0.243 e. The van der Waals surface area contributed by atoms with Crippen LogP contribution >= 0.6 is 11.5 Å². The predicted octanol–water partition coefficient (Wildman–Crippen LogP) is 3.29. The van der Waals surface area contributed by atoms with Crippen molar-refractivity contribution in [3.8, 4) is 5.75 Å². The van der Waals surface area contributed by atoms with Crippen molar-refractivity contribution < 1.29 is 9.53 Å². The minimum Gasteiger partial charge on any atom is -0.490 e. The molecule has 32 heavy (non-hydrogen) atoms. The molecule has 2 aliphatic heterocycles. The molecule has 1 amide bonds. The number of likely N-dealkylation sites (tertiary alicyclic amines) is 1. The first-order valence-corrected chi connectivity index (χ1v) is 12.5. The zero-order chi connectivity index (χ0) is 22.1. The Labute approximate surface area is 194 Å². The van der Waals surface area contributed by atoms with Crippen molar-refractivity contribution in [2.75, 3.05) is 25.5 Å². The van der Waals surface area contributed by atoms with Crippen molar-refractivity contribution in [3.05, 3.63) is 40.9 Å². The van der Waals surface area contributed by atoms with E-state index >= 15 is 0 Å². The molecule has 1 aromatic carbocycles. The largest absolute Gasteiger partial charge is 0.490 e. The second-order valence-corrected chi connectivity index (χ2v) is 10.4. The number of aryl methyl sites for hydroxylation is 1. The Morgan fingerprint density at radius 3 is 2.66 bits per heavy atom. The maximum Gasteiger partial charge on any atom is 0.243 e. The molecule has 3 N–H and O–H groups in total. The van der Waals surface area contributed by atoms with E-state index in [0.717, 1.165) is 62.3 Å². The Morgan fingerprint density at radius 1 is 1.16 bits per heavy atom. The van der Waals surface area contributed by atoms with Crippen LogP contribution < -0.4 is 20.9 Å². The molecule has 0 bridgehead atoms. The van der Waals surface area contributed by atoms with Crippen LogP contribution in [-0.2, 0) is 4.79 Å². The summed E-state index contributed by atoms with van der Waals surface area (Å²) in [4.78, 5) is 16.8. The number of amides is 1. The third-order valence-corrected chi connectivity index (χ3v) is 8.21. The van der Waals surface area contributed by atoms with Gasteiger partial charge < -0.3 is 15.0 Å². The van der Waals surface area contributed by atoms with E-state index in [0.29, 0.717) is 12.0 Å². The summed E-state index contributed by atoms with van der Waals surface area (Å²) < 4.78 is 10.6. The van der Waals surface area contributed by atoms with Crippen LogP contribution in [0.4, 0.5) is 5.69 Å². The molecule has 3 aliphatic rings. The first kappa shape index (κ1) is 21.8. The number of hydrazine groups is 1. The fourth-order valence-corrected chi connectivity index (χ4v) is 6.17. The molecule has 2 saturated heterocycles. The zero-order valence-corrected chi connectivity index (χ0v) is 19.7. The van der Waals surface area contributed by atoms with Gasteiger partial charge in [0.15, 0.2) is 0 Å². The van der Waals surface area contributed by atoms with Crippen molar-refractivity contribution >= 4 is 23.1 Å². The summed E-state index contributed by atoms with van der Waals surface area (Å²) in [5.41, 5.74) is 8.52. The molecule has 7 nitrogen and oxygen atoms in total. The maximum absolute atomic E-state index is 13.1. The molecule has 3 fully saturated rings. The Bertz CT molecular complexity index is 925. The standard InChI is InChI=1S/C24H33N5O2S/c1-15-13-22(32-28-15)16-3-8-21-20(14-16)23(27-26-21)24(30)25-17-4-6-18(7-5-17)31-19-9-11-29(2)12-10-19/h4-7,13,16,19-21,23,26-27H,3,8-12,14H2,1-2H3,(H,25,30). The van der Waals surface area contributed by atoms with Gasteiger partial charge in [0.25, 0.3) is 0 Å². The van der Waals surface area contributed by atoms with Gasteiger partial charge in [0, 0.05) is 35.6 Å². The van der Waals surface area contributed by atoms with Gasteiger partial charge in [-0.2, -0.15) is 4.37 Å². The number of fused-ring (bicyclic) bond motifs is 1. The molecule has 1 saturated carbocycles. The molecule has 5 rings (SSSR count). The quantitative estimate of drug-likeness (QED) is 0.642. The van der Waals surface area contributed by atoms with E-state index in [2.05, 4.69) is 38.6 Å². The summed E-state index contributed by atoms with van der Waals surface area (Å²) >= 11 is 1.61. The van der Waals surface area contributed by atoms with E-state index in [1.807, 2.05) is 31.2 Å². The Morgan fingerprint density at radius 2 is 1.94 bits per heavy atom. The lowest BCUT2D eigenvalue weighted by molar-refractivity contribution is -0.119. The Kier molecular flexibility index (Phi) is 6.46. The Balaban J connectivity index is 1.17. The number of nitrogens with one attached hydrogen (secondary N) is 3. The van der Waals surface area contributed by atoms with Gasteiger partial charge in [-0.05, 0) is 93.9 Å². The highest BCUT2D eigenvalue weighted by Gasteiger charge is 2.44. The normalized spacial score (nSPS) is 28.9. The lowest BCUT2D eigenvalue weighted by Gasteiger charge is -2.32. The molecule has 0 radical (unpaired) electrons. The summed E-state index contributed by atoms with van der Waals surface area (Å²) in [5, 5.41) is 3.10. The number of carbonyl (C=O) groups excluding carboxylic acids is 1. The Hall–Kier alpha value is -2.00. The van der Waals surface area contributed by atoms with Gasteiger partial charge in [0.2, 0.25) is 5.91 Å². The summed E-state index contributed by atoms with van der Waals surface area (Å²) in [5.74, 6) is 1.67. The molecular weight excluding hydrogens is 422 g/mol. The average molecular weight is 456 g/mol. The van der Waals surface area contributed by atoms with Gasteiger partial charge in [-0.3, -0.25) is 10.2 Å². The highest BCUT2D eigenvalue weighted by Crippen LogP contribution is 2.41. The number of piperidine rings is 1. The number of aromatic nitrogens is 1. The molecule has 4 atom stereocenters. The van der Waals surface area contributed by atoms with Crippen LogP contribution in [0.3, 0.4) is 0 Å². The van der Waals surface area contributed by atoms with Gasteiger partial charge in [-0.25, -0.2) is 5.43 Å². The van der Waals surface area contributed by atoms with E-state index in [1.165, 1.54) is 4.88 Å². The number of ether oxygens (including phenoxy) is 1. The van der Waals surface area contributed by atoms with Crippen molar-refractivity contribution in [2.24, 2.45) is 5.92 Å². The van der Waals surface area contributed by atoms with Crippen LogP contribution in [-0.4, -0.2) is 53.5 Å². The second-order valence-electron chi connectivity index (χ2n) is 9.55. The second kappa shape index (κ2) is 9.47. The van der Waals surface area contributed by atoms with Crippen molar-refractivity contribution in [3.63, 3.8) is 0 Å². The van der Waals surface area contributed by atoms with E-state index in [1.54, 1.807) is 11.5 Å². The molecule has 1 aromatic heterocycles. The number of rotatable bonds is 5. The predicted molar refractivity (Wildman–Crippen MR) is 127 cm³/mol. The molecule has 3 heterocycles. The molecule has 0 spiro atoms. The van der Waals surface area contributed by atoms with Crippen LogP contribution in [0.1, 0.15) is 48.6 Å². The number of carbonyl (C=O) groups is 1. The molecule has 8 heteroatoms. The number of nitrogens with zero attached hydrogens (tertiary/aromatic N) is 2. The topological polar surface area (TPSA) is 78.5 Å². The lowest BCUT2D eigenvalue weighted by Crippen LogP contribution is -2.42. The first-order chi connectivity index (χ1) is 15.5. The highest BCUT2D eigenvalue weighted by atomic mass is 32.1. The number of hydrogen-bond acceptors (Lipinski definition) is 7. The molecule has 172 valence electrons. The third-order valence-electron chi connectivity index (χ3n) is 7.17. The van der Waals surface area contributed by atoms with Gasteiger partial charge in [-0.1, -0.05) is 0 Å². The average Bonchev–Trinajstić information content (AvgIpc) is 3.42. The van der Waals surface area contributed by atoms with Crippen LogP contribution in [0.2, 0.25) is 0 Å². The summed E-state index contributed by atoms with van der Waals surface area (Å²) in [6.45, 7) is 4.20. The van der Waals surface area contributed by atoms with Gasteiger partial charge in [0.05, 0.1) is 5.69 Å². The lowest BCUT2D eigenvalue weighted by atomic mass is 9.75.